The van der Waals surface area contributed by atoms with Gasteiger partial charge >= 0.3 is 0 Å². The highest BCUT2D eigenvalue weighted by molar-refractivity contribution is 5.43. The zero-order valence-corrected chi connectivity index (χ0v) is 19.8. The van der Waals surface area contributed by atoms with E-state index in [4.69, 9.17) is 14.2 Å². The second-order valence-electron chi connectivity index (χ2n) is 8.27. The largest absolute Gasteiger partial charge is 0.497 e. The summed E-state index contributed by atoms with van der Waals surface area (Å²) in [6, 6.07) is 25.2. The number of rotatable bonds is 11. The van der Waals surface area contributed by atoms with Crippen molar-refractivity contribution in [1.29, 1.82) is 0 Å². The topological polar surface area (TPSA) is 39.7 Å². The highest BCUT2D eigenvalue weighted by atomic mass is 16.5. The Morgan fingerprint density at radius 2 is 1.34 bits per heavy atom. The van der Waals surface area contributed by atoms with Crippen LogP contribution in [0.25, 0.3) is 0 Å². The molecule has 0 saturated heterocycles. The molecule has 0 aliphatic carbocycles. The molecule has 0 fully saturated rings. The van der Waals surface area contributed by atoms with Gasteiger partial charge in [-0.25, -0.2) is 0 Å². The first-order valence-corrected chi connectivity index (χ1v) is 11.3. The highest BCUT2D eigenvalue weighted by Gasteiger charge is 2.19. The maximum atomic E-state index is 5.83. The van der Waals surface area contributed by atoms with E-state index in [1.54, 1.807) is 14.2 Å². The quantitative estimate of drug-likeness (QED) is 0.382. The first-order chi connectivity index (χ1) is 15.5. The van der Waals surface area contributed by atoms with Crippen molar-refractivity contribution in [3.8, 4) is 17.2 Å². The monoisotopic (exact) mass is 433 g/mol. The molecule has 3 aromatic carbocycles. The molecular weight excluding hydrogens is 398 g/mol. The van der Waals surface area contributed by atoms with E-state index in [0.29, 0.717) is 0 Å². The van der Waals surface area contributed by atoms with E-state index in [9.17, 15) is 0 Å². The predicted octanol–water partition coefficient (Wildman–Crippen LogP) is 6.36. The van der Waals surface area contributed by atoms with E-state index in [2.05, 4.69) is 60.8 Å². The molecule has 0 bridgehead atoms. The Kier molecular flexibility index (Phi) is 8.57. The number of ether oxygens (including phenoxy) is 3. The van der Waals surface area contributed by atoms with Gasteiger partial charge in [-0.15, -0.1) is 0 Å². The zero-order valence-electron chi connectivity index (χ0n) is 19.8. The summed E-state index contributed by atoms with van der Waals surface area (Å²) in [4.78, 5) is 0. The predicted molar refractivity (Wildman–Crippen MR) is 131 cm³/mol. The van der Waals surface area contributed by atoms with Crippen molar-refractivity contribution in [2.24, 2.45) is 0 Å². The van der Waals surface area contributed by atoms with Crippen LogP contribution in [0.1, 0.15) is 55.8 Å². The molecule has 170 valence electrons. The molecule has 0 aliphatic heterocycles. The lowest BCUT2D eigenvalue weighted by atomic mass is 9.87. The van der Waals surface area contributed by atoms with Crippen LogP contribution in [0, 0.1) is 0 Å². The average molecular weight is 434 g/mol. The number of benzene rings is 3. The van der Waals surface area contributed by atoms with Gasteiger partial charge in [-0.3, -0.25) is 0 Å². The van der Waals surface area contributed by atoms with Gasteiger partial charge in [0.15, 0.2) is 0 Å². The minimum absolute atomic E-state index is 0.162. The van der Waals surface area contributed by atoms with Gasteiger partial charge in [0.2, 0.25) is 0 Å². The van der Waals surface area contributed by atoms with Gasteiger partial charge in [0.25, 0.3) is 0 Å². The minimum atomic E-state index is 0.162. The van der Waals surface area contributed by atoms with Gasteiger partial charge in [-0.05, 0) is 75.2 Å². The van der Waals surface area contributed by atoms with Crippen LogP contribution in [0.4, 0.5) is 0 Å². The van der Waals surface area contributed by atoms with Gasteiger partial charge in [-0.2, -0.15) is 0 Å². The smallest absolute Gasteiger partial charge is 0.122 e. The van der Waals surface area contributed by atoms with Gasteiger partial charge in [-0.1, -0.05) is 42.5 Å². The standard InChI is InChI=1S/C28H35NO3/c1-20(2)32-25-16-12-23(13-17-25)26(27-8-6-7-9-28(27)31-5)18-19-29-21(3)22-10-14-24(30-4)15-11-22/h6-17,20-21,26,29H,18-19H2,1-5H3/t21-,26+/m1/s1. The molecular formula is C28H35NO3. The molecule has 0 unspecified atom stereocenters. The number of hydrogen-bond acceptors (Lipinski definition) is 4. The van der Waals surface area contributed by atoms with Crippen molar-refractivity contribution in [2.45, 2.75) is 45.3 Å². The Bertz CT molecular complexity index is 951. The van der Waals surface area contributed by atoms with Gasteiger partial charge < -0.3 is 19.5 Å². The van der Waals surface area contributed by atoms with Gasteiger partial charge in [0.05, 0.1) is 20.3 Å². The van der Waals surface area contributed by atoms with E-state index < -0.39 is 0 Å². The van der Waals surface area contributed by atoms with Crippen molar-refractivity contribution in [3.63, 3.8) is 0 Å². The minimum Gasteiger partial charge on any atom is -0.497 e. The van der Waals surface area contributed by atoms with Crippen LogP contribution in [-0.4, -0.2) is 26.9 Å². The van der Waals surface area contributed by atoms with Crippen molar-refractivity contribution >= 4 is 0 Å². The molecule has 3 rings (SSSR count). The molecule has 2 atom stereocenters. The SMILES string of the molecule is COc1ccc([C@@H](C)NCC[C@@H](c2ccc(OC(C)C)cc2)c2ccccc2OC)cc1. The van der Waals surface area contributed by atoms with E-state index >= 15 is 0 Å². The summed E-state index contributed by atoms with van der Waals surface area (Å²) in [7, 11) is 3.43. The molecule has 0 saturated carbocycles. The van der Waals surface area contributed by atoms with Crippen molar-refractivity contribution in [3.05, 3.63) is 89.5 Å². The van der Waals surface area contributed by atoms with Crippen LogP contribution in [-0.2, 0) is 0 Å². The van der Waals surface area contributed by atoms with Crippen molar-refractivity contribution < 1.29 is 14.2 Å². The fourth-order valence-corrected chi connectivity index (χ4v) is 3.96. The van der Waals surface area contributed by atoms with Crippen LogP contribution < -0.4 is 19.5 Å². The third kappa shape index (κ3) is 6.27. The summed E-state index contributed by atoms with van der Waals surface area (Å²) in [6.07, 6.45) is 1.11. The number of hydrogen-bond donors (Lipinski definition) is 1. The van der Waals surface area contributed by atoms with E-state index in [1.807, 2.05) is 38.1 Å². The van der Waals surface area contributed by atoms with E-state index in [1.165, 1.54) is 16.7 Å². The Morgan fingerprint density at radius 1 is 0.719 bits per heavy atom. The third-order valence-electron chi connectivity index (χ3n) is 5.67. The molecule has 0 heterocycles. The lowest BCUT2D eigenvalue weighted by Crippen LogP contribution is -2.22. The molecule has 3 aromatic rings. The van der Waals surface area contributed by atoms with E-state index in [0.717, 1.165) is 30.2 Å². The zero-order chi connectivity index (χ0) is 22.9. The molecule has 0 amide bonds. The summed E-state index contributed by atoms with van der Waals surface area (Å²) in [6.45, 7) is 7.15. The summed E-state index contributed by atoms with van der Waals surface area (Å²) in [5.74, 6) is 2.91. The summed E-state index contributed by atoms with van der Waals surface area (Å²) in [5, 5.41) is 3.68. The molecule has 4 nitrogen and oxygen atoms in total. The van der Waals surface area contributed by atoms with Crippen LogP contribution in [0.15, 0.2) is 72.8 Å². The Morgan fingerprint density at radius 3 is 1.97 bits per heavy atom. The van der Waals surface area contributed by atoms with Crippen LogP contribution in [0.2, 0.25) is 0 Å². The van der Waals surface area contributed by atoms with Crippen LogP contribution >= 0.6 is 0 Å². The Balaban J connectivity index is 1.75. The fraction of sp³-hybridized carbons (Fsp3) is 0.357. The molecule has 0 aliphatic rings. The summed E-state index contributed by atoms with van der Waals surface area (Å²) < 4.78 is 16.8. The number of nitrogens with one attached hydrogen (secondary N) is 1. The second-order valence-corrected chi connectivity index (χ2v) is 8.27. The highest BCUT2D eigenvalue weighted by Crippen LogP contribution is 2.35. The number of para-hydroxylation sites is 1. The molecule has 0 radical (unpaired) electrons. The van der Waals surface area contributed by atoms with Gasteiger partial charge in [0.1, 0.15) is 17.2 Å². The second kappa shape index (κ2) is 11.6. The Hall–Kier alpha value is -2.98. The average Bonchev–Trinajstić information content (AvgIpc) is 2.82. The van der Waals surface area contributed by atoms with Crippen LogP contribution in [0.5, 0.6) is 17.2 Å². The maximum absolute atomic E-state index is 5.83. The first-order valence-electron chi connectivity index (χ1n) is 11.3. The lowest BCUT2D eigenvalue weighted by Gasteiger charge is -2.23. The van der Waals surface area contributed by atoms with Crippen molar-refractivity contribution in [2.75, 3.05) is 20.8 Å². The molecule has 0 spiro atoms. The molecule has 0 aromatic heterocycles. The first kappa shape index (κ1) is 23.7. The normalized spacial score (nSPS) is 12.9. The molecule has 1 N–H and O–H groups in total. The van der Waals surface area contributed by atoms with Crippen molar-refractivity contribution in [1.82, 2.24) is 5.32 Å². The maximum Gasteiger partial charge on any atom is 0.122 e. The Labute approximate surface area is 192 Å². The molecule has 32 heavy (non-hydrogen) atoms. The van der Waals surface area contributed by atoms with Crippen LogP contribution in [0.3, 0.4) is 0 Å². The third-order valence-corrected chi connectivity index (χ3v) is 5.67. The fourth-order valence-electron chi connectivity index (χ4n) is 3.96. The van der Waals surface area contributed by atoms with Gasteiger partial charge in [0, 0.05) is 17.5 Å². The summed E-state index contributed by atoms with van der Waals surface area (Å²) >= 11 is 0. The summed E-state index contributed by atoms with van der Waals surface area (Å²) in [5.41, 5.74) is 3.70. The lowest BCUT2D eigenvalue weighted by molar-refractivity contribution is 0.242. The molecule has 4 heteroatoms. The van der Waals surface area contributed by atoms with E-state index in [-0.39, 0.29) is 18.1 Å². The number of methoxy groups -OCH3 is 2.